The molecule has 28 heavy (non-hydrogen) atoms. The summed E-state index contributed by atoms with van der Waals surface area (Å²) in [5, 5.41) is 2.31. The van der Waals surface area contributed by atoms with Crippen LogP contribution in [-0.2, 0) is 16.7 Å². The molecule has 0 spiro atoms. The molecule has 1 fully saturated rings. The fourth-order valence-corrected chi connectivity index (χ4v) is 5.78. The topological polar surface area (TPSA) is 70.7 Å². The van der Waals surface area contributed by atoms with Crippen LogP contribution in [0.15, 0.2) is 35.4 Å². The minimum Gasteiger partial charge on any atom is -0.497 e. The lowest BCUT2D eigenvalue weighted by molar-refractivity contribution is -0.668. The second-order valence-corrected chi connectivity index (χ2v) is 10.1. The average Bonchev–Trinajstić information content (AvgIpc) is 3.25. The maximum absolute atomic E-state index is 11.1. The van der Waals surface area contributed by atoms with Crippen molar-refractivity contribution in [2.75, 3.05) is 31.7 Å². The van der Waals surface area contributed by atoms with Crippen LogP contribution in [0.5, 0.6) is 5.75 Å². The van der Waals surface area contributed by atoms with Crippen molar-refractivity contribution in [1.82, 2.24) is 4.90 Å². The largest absolute Gasteiger partial charge is 0.497 e. The smallest absolute Gasteiger partial charge is 0.265 e. The summed E-state index contributed by atoms with van der Waals surface area (Å²) in [5.41, 5.74) is 0.998. The zero-order valence-electron chi connectivity index (χ0n) is 16.0. The minimum absolute atomic E-state index is 0.253. The molecule has 1 aliphatic rings. The third-order valence-corrected chi connectivity index (χ3v) is 7.52. The first-order chi connectivity index (χ1) is 13.4. The first-order valence-corrected chi connectivity index (χ1v) is 12.5. The van der Waals surface area contributed by atoms with Crippen molar-refractivity contribution in [1.29, 1.82) is 0 Å². The Kier molecular flexibility index (Phi) is 7.03. The van der Waals surface area contributed by atoms with E-state index in [4.69, 9.17) is 9.29 Å². The SMILES string of the molecule is CCN1CCS/C1=C\C=C\c1sc2ccc(OC)cc2[n+]1CCCS(=O)(=O)O. The van der Waals surface area contributed by atoms with E-state index in [1.165, 1.54) is 5.03 Å². The average molecular weight is 442 g/mol. The lowest BCUT2D eigenvalue weighted by Crippen LogP contribution is -2.36. The fourth-order valence-electron chi connectivity index (χ4n) is 3.11. The highest BCUT2D eigenvalue weighted by Crippen LogP contribution is 2.28. The molecule has 1 aromatic carbocycles. The molecule has 0 aliphatic carbocycles. The Hall–Kier alpha value is -1.55. The van der Waals surface area contributed by atoms with Gasteiger partial charge >= 0.3 is 0 Å². The van der Waals surface area contributed by atoms with Crippen molar-refractivity contribution in [3.05, 3.63) is 40.4 Å². The van der Waals surface area contributed by atoms with E-state index in [0.717, 1.165) is 39.8 Å². The van der Waals surface area contributed by atoms with E-state index in [9.17, 15) is 8.42 Å². The van der Waals surface area contributed by atoms with E-state index in [0.29, 0.717) is 13.0 Å². The number of allylic oxidation sites excluding steroid dienone is 2. The molecule has 0 saturated carbocycles. The molecule has 0 bridgehead atoms. The third-order valence-electron chi connectivity index (χ3n) is 4.50. The van der Waals surface area contributed by atoms with Gasteiger partial charge in [-0.1, -0.05) is 17.4 Å². The van der Waals surface area contributed by atoms with Gasteiger partial charge in [-0.2, -0.15) is 13.0 Å². The van der Waals surface area contributed by atoms with E-state index < -0.39 is 10.1 Å². The number of aryl methyl sites for hydroxylation is 1. The number of hydrogen-bond acceptors (Lipinski definition) is 6. The number of thiazole rings is 1. The van der Waals surface area contributed by atoms with Gasteiger partial charge in [-0.15, -0.1) is 11.8 Å². The van der Waals surface area contributed by atoms with Crippen LogP contribution in [0.1, 0.15) is 18.4 Å². The van der Waals surface area contributed by atoms with Crippen molar-refractivity contribution in [3.8, 4) is 5.75 Å². The van der Waals surface area contributed by atoms with Crippen molar-refractivity contribution < 1.29 is 22.3 Å². The number of methoxy groups -OCH3 is 1. The quantitative estimate of drug-likeness (QED) is 0.500. The summed E-state index contributed by atoms with van der Waals surface area (Å²) < 4.78 is 39.7. The van der Waals surface area contributed by atoms with Gasteiger partial charge in [-0.05, 0) is 25.1 Å². The first-order valence-electron chi connectivity index (χ1n) is 9.13. The number of benzene rings is 1. The Morgan fingerprint density at radius 2 is 2.21 bits per heavy atom. The standard InChI is InChI=1S/C19H24N2O4S3/c1-3-20-11-12-26-18(20)6-4-7-19-21(10-5-13-28(22,23)24)16-14-15(25-2)8-9-17(16)27-19/h4,6-9,14H,3,5,10-13H2,1-2H3/p+1. The maximum Gasteiger partial charge on any atom is 0.265 e. The number of aromatic nitrogens is 1. The molecule has 0 radical (unpaired) electrons. The first kappa shape index (κ1) is 21.2. The van der Waals surface area contributed by atoms with Gasteiger partial charge in [-0.25, -0.2) is 0 Å². The van der Waals surface area contributed by atoms with Gasteiger partial charge < -0.3 is 9.64 Å². The summed E-state index contributed by atoms with van der Waals surface area (Å²) in [7, 11) is -2.34. The molecule has 2 aromatic rings. The lowest BCUT2D eigenvalue weighted by atomic mass is 10.3. The van der Waals surface area contributed by atoms with E-state index >= 15 is 0 Å². The number of thioether (sulfide) groups is 1. The number of rotatable bonds is 8. The Balaban J connectivity index is 1.90. The summed E-state index contributed by atoms with van der Waals surface area (Å²) in [6.45, 7) is 4.75. The van der Waals surface area contributed by atoms with Crippen molar-refractivity contribution in [2.45, 2.75) is 19.9 Å². The van der Waals surface area contributed by atoms with Gasteiger partial charge in [0.05, 0.1) is 24.0 Å². The van der Waals surface area contributed by atoms with Crippen LogP contribution in [0.3, 0.4) is 0 Å². The van der Waals surface area contributed by atoms with Crippen molar-refractivity contribution >= 4 is 49.5 Å². The van der Waals surface area contributed by atoms with E-state index in [1.54, 1.807) is 18.4 Å². The van der Waals surface area contributed by atoms with Crippen LogP contribution in [0, 0.1) is 0 Å². The molecule has 0 amide bonds. The summed E-state index contributed by atoms with van der Waals surface area (Å²) in [4.78, 5) is 2.35. The molecular weight excluding hydrogens is 416 g/mol. The highest BCUT2D eigenvalue weighted by Gasteiger charge is 2.20. The van der Waals surface area contributed by atoms with Gasteiger partial charge in [-0.3, -0.25) is 4.55 Å². The Labute approximate surface area is 174 Å². The fraction of sp³-hybridized carbons (Fsp3) is 0.421. The van der Waals surface area contributed by atoms with Crippen LogP contribution >= 0.6 is 23.1 Å². The highest BCUT2D eigenvalue weighted by molar-refractivity contribution is 8.03. The molecule has 1 aromatic heterocycles. The molecule has 0 atom stereocenters. The second kappa shape index (κ2) is 9.30. The summed E-state index contributed by atoms with van der Waals surface area (Å²) in [6.07, 6.45) is 6.59. The Bertz CT molecular complexity index is 996. The number of hydrogen-bond donors (Lipinski definition) is 1. The van der Waals surface area contributed by atoms with Gasteiger partial charge in [0.2, 0.25) is 5.52 Å². The number of nitrogens with zero attached hydrogens (tertiary/aromatic N) is 2. The van der Waals surface area contributed by atoms with Crippen LogP contribution in [0.2, 0.25) is 0 Å². The molecule has 2 heterocycles. The van der Waals surface area contributed by atoms with E-state index in [-0.39, 0.29) is 5.75 Å². The second-order valence-electron chi connectivity index (χ2n) is 6.36. The number of ether oxygens (including phenoxy) is 1. The van der Waals surface area contributed by atoms with Gasteiger partial charge in [0.15, 0.2) is 6.54 Å². The summed E-state index contributed by atoms with van der Waals surface area (Å²) >= 11 is 3.51. The monoisotopic (exact) mass is 441 g/mol. The third kappa shape index (κ3) is 5.28. The van der Waals surface area contributed by atoms with E-state index in [2.05, 4.69) is 34.6 Å². The van der Waals surface area contributed by atoms with Crippen molar-refractivity contribution in [3.63, 3.8) is 0 Å². The molecule has 1 saturated heterocycles. The van der Waals surface area contributed by atoms with Gasteiger partial charge in [0.25, 0.3) is 15.1 Å². The minimum atomic E-state index is -3.96. The molecule has 9 heteroatoms. The molecule has 152 valence electrons. The zero-order chi connectivity index (χ0) is 20.1. The molecule has 6 nitrogen and oxygen atoms in total. The van der Waals surface area contributed by atoms with Crippen LogP contribution in [0.25, 0.3) is 16.3 Å². The molecule has 1 N–H and O–H groups in total. The maximum atomic E-state index is 11.1. The molecule has 3 rings (SSSR count). The number of fused-ring (bicyclic) bond motifs is 1. The molecule has 0 unspecified atom stereocenters. The lowest BCUT2D eigenvalue weighted by Gasteiger charge is -2.14. The Morgan fingerprint density at radius 3 is 2.93 bits per heavy atom. The van der Waals surface area contributed by atoms with E-state index in [1.807, 2.05) is 30.0 Å². The Morgan fingerprint density at radius 1 is 1.39 bits per heavy atom. The van der Waals surface area contributed by atoms with Crippen molar-refractivity contribution in [2.24, 2.45) is 0 Å². The zero-order valence-corrected chi connectivity index (χ0v) is 18.4. The van der Waals surface area contributed by atoms with Gasteiger partial charge in [0.1, 0.15) is 10.4 Å². The van der Waals surface area contributed by atoms with Crippen LogP contribution in [-0.4, -0.2) is 49.6 Å². The predicted octanol–water partition coefficient (Wildman–Crippen LogP) is 3.40. The molecule has 1 aliphatic heterocycles. The summed E-state index contributed by atoms with van der Waals surface area (Å²) in [6, 6.07) is 5.89. The normalized spacial score (nSPS) is 16.7. The van der Waals surface area contributed by atoms with Crippen LogP contribution in [0.4, 0.5) is 0 Å². The van der Waals surface area contributed by atoms with Gasteiger partial charge in [0, 0.05) is 31.3 Å². The predicted molar refractivity (Wildman–Crippen MR) is 116 cm³/mol. The highest BCUT2D eigenvalue weighted by atomic mass is 32.2. The van der Waals surface area contributed by atoms with Crippen LogP contribution < -0.4 is 9.30 Å². The summed E-state index contributed by atoms with van der Waals surface area (Å²) in [5.74, 6) is 1.62. The molecular formula is C19H25N2O4S3+.